The van der Waals surface area contributed by atoms with Crippen LogP contribution in [0.5, 0.6) is 0 Å². The predicted molar refractivity (Wildman–Crippen MR) is 67.2 cm³/mol. The van der Waals surface area contributed by atoms with Crippen molar-refractivity contribution in [2.45, 2.75) is 6.42 Å². The molecule has 0 bridgehead atoms. The van der Waals surface area contributed by atoms with Crippen LogP contribution in [-0.2, 0) is 6.42 Å². The zero-order chi connectivity index (χ0) is 10.7. The van der Waals surface area contributed by atoms with Gasteiger partial charge in [0.05, 0.1) is 20.6 Å². The second-order valence-electron chi connectivity index (χ2n) is 3.20. The predicted octanol–water partition coefficient (Wildman–Crippen LogP) is 2.66. The van der Waals surface area contributed by atoms with Crippen LogP contribution in [0.3, 0.4) is 0 Å². The largest absolute Gasteiger partial charge is 0.341 e. The standard InChI is InChI=1S/C10H12BrN3S/c1-12-5-4-10-13-6-7(14-10)8-2-3-9(11)15-8/h2-3,6,12H,4-5H2,1H3,(H,13,14). The molecule has 5 heteroatoms. The number of nitrogens with zero attached hydrogens (tertiary/aromatic N) is 1. The highest BCUT2D eigenvalue weighted by molar-refractivity contribution is 9.11. The van der Waals surface area contributed by atoms with Gasteiger partial charge in [-0.2, -0.15) is 0 Å². The van der Waals surface area contributed by atoms with Crippen molar-refractivity contribution in [3.8, 4) is 10.6 Å². The van der Waals surface area contributed by atoms with Gasteiger partial charge in [0, 0.05) is 13.0 Å². The molecule has 0 spiro atoms. The third-order valence-electron chi connectivity index (χ3n) is 2.08. The van der Waals surface area contributed by atoms with E-state index in [2.05, 4.69) is 37.3 Å². The fourth-order valence-corrected chi connectivity index (χ4v) is 2.67. The third kappa shape index (κ3) is 2.68. The zero-order valence-electron chi connectivity index (χ0n) is 8.38. The lowest BCUT2D eigenvalue weighted by Crippen LogP contribution is -2.10. The summed E-state index contributed by atoms with van der Waals surface area (Å²) in [6.07, 6.45) is 2.83. The van der Waals surface area contributed by atoms with E-state index in [9.17, 15) is 0 Å². The molecule has 0 aliphatic heterocycles. The average molecular weight is 286 g/mol. The number of likely N-dealkylation sites (N-methyl/N-ethyl adjacent to an activating group) is 1. The highest BCUT2D eigenvalue weighted by Crippen LogP contribution is 2.29. The maximum Gasteiger partial charge on any atom is 0.107 e. The Labute approximate surface area is 101 Å². The molecule has 2 aromatic rings. The Morgan fingerprint density at radius 2 is 2.40 bits per heavy atom. The molecule has 0 atom stereocenters. The summed E-state index contributed by atoms with van der Waals surface area (Å²) < 4.78 is 1.14. The van der Waals surface area contributed by atoms with E-state index in [0.29, 0.717) is 0 Å². The highest BCUT2D eigenvalue weighted by atomic mass is 79.9. The number of hydrogen-bond donors (Lipinski definition) is 2. The highest BCUT2D eigenvalue weighted by Gasteiger charge is 2.05. The monoisotopic (exact) mass is 285 g/mol. The number of H-pyrrole nitrogens is 1. The lowest BCUT2D eigenvalue weighted by Gasteiger charge is -1.94. The van der Waals surface area contributed by atoms with Crippen LogP contribution in [0.2, 0.25) is 0 Å². The maximum atomic E-state index is 4.34. The topological polar surface area (TPSA) is 40.7 Å². The van der Waals surface area contributed by atoms with Crippen molar-refractivity contribution in [3.63, 3.8) is 0 Å². The van der Waals surface area contributed by atoms with Crippen molar-refractivity contribution in [2.75, 3.05) is 13.6 Å². The van der Waals surface area contributed by atoms with Gasteiger partial charge in [-0.15, -0.1) is 11.3 Å². The molecule has 0 saturated carbocycles. The van der Waals surface area contributed by atoms with Gasteiger partial charge in [0.25, 0.3) is 0 Å². The van der Waals surface area contributed by atoms with Gasteiger partial charge in [-0.3, -0.25) is 0 Å². The second kappa shape index (κ2) is 4.92. The van der Waals surface area contributed by atoms with Crippen LogP contribution in [0.25, 0.3) is 10.6 Å². The Kier molecular flexibility index (Phi) is 3.56. The molecule has 2 N–H and O–H groups in total. The van der Waals surface area contributed by atoms with Crippen LogP contribution in [-0.4, -0.2) is 23.6 Å². The number of aromatic amines is 1. The molecule has 0 aliphatic carbocycles. The normalized spacial score (nSPS) is 10.8. The van der Waals surface area contributed by atoms with Crippen molar-refractivity contribution in [2.24, 2.45) is 0 Å². The molecular weight excluding hydrogens is 274 g/mol. The van der Waals surface area contributed by atoms with Crippen LogP contribution in [0.4, 0.5) is 0 Å². The molecule has 3 nitrogen and oxygen atoms in total. The van der Waals surface area contributed by atoms with E-state index < -0.39 is 0 Å². The summed E-state index contributed by atoms with van der Waals surface area (Å²) in [4.78, 5) is 8.86. The van der Waals surface area contributed by atoms with E-state index in [-0.39, 0.29) is 0 Å². The Bertz CT molecular complexity index is 435. The molecule has 0 fully saturated rings. The van der Waals surface area contributed by atoms with Crippen LogP contribution >= 0.6 is 27.3 Å². The number of rotatable bonds is 4. The summed E-state index contributed by atoms with van der Waals surface area (Å²) in [5.41, 5.74) is 1.09. The summed E-state index contributed by atoms with van der Waals surface area (Å²) >= 11 is 5.16. The first-order valence-electron chi connectivity index (χ1n) is 4.74. The summed E-state index contributed by atoms with van der Waals surface area (Å²) in [5.74, 6) is 1.03. The van der Waals surface area contributed by atoms with Gasteiger partial charge in [0.2, 0.25) is 0 Å². The smallest absolute Gasteiger partial charge is 0.107 e. The molecule has 0 amide bonds. The number of aromatic nitrogens is 2. The van der Waals surface area contributed by atoms with Gasteiger partial charge >= 0.3 is 0 Å². The molecule has 0 unspecified atom stereocenters. The molecule has 0 saturated heterocycles. The number of halogens is 1. The number of hydrogen-bond acceptors (Lipinski definition) is 3. The van der Waals surface area contributed by atoms with E-state index in [0.717, 1.165) is 28.3 Å². The van der Waals surface area contributed by atoms with Crippen molar-refractivity contribution >= 4 is 27.3 Å². The summed E-state index contributed by atoms with van der Waals surface area (Å²) in [6.45, 7) is 0.946. The lowest BCUT2D eigenvalue weighted by atomic mass is 10.4. The van der Waals surface area contributed by atoms with Crippen molar-refractivity contribution < 1.29 is 0 Å². The number of thiophene rings is 1. The Balaban J connectivity index is 2.13. The first-order chi connectivity index (χ1) is 7.29. The van der Waals surface area contributed by atoms with Gasteiger partial charge in [0.15, 0.2) is 0 Å². The first-order valence-corrected chi connectivity index (χ1v) is 6.34. The van der Waals surface area contributed by atoms with E-state index in [4.69, 9.17) is 0 Å². The fraction of sp³-hybridized carbons (Fsp3) is 0.300. The second-order valence-corrected chi connectivity index (χ2v) is 5.66. The minimum atomic E-state index is 0.934. The molecule has 2 heterocycles. The lowest BCUT2D eigenvalue weighted by molar-refractivity contribution is 0.764. The van der Waals surface area contributed by atoms with E-state index in [1.807, 2.05) is 19.3 Å². The third-order valence-corrected chi connectivity index (χ3v) is 3.74. The molecular formula is C10H12BrN3S. The quantitative estimate of drug-likeness (QED) is 0.907. The molecule has 0 radical (unpaired) electrons. The minimum absolute atomic E-state index is 0.934. The van der Waals surface area contributed by atoms with Gasteiger partial charge in [0.1, 0.15) is 5.82 Å². The van der Waals surface area contributed by atoms with Gasteiger partial charge in [-0.25, -0.2) is 4.98 Å². The zero-order valence-corrected chi connectivity index (χ0v) is 10.8. The molecule has 2 aromatic heterocycles. The van der Waals surface area contributed by atoms with Gasteiger partial charge in [-0.05, 0) is 35.1 Å². The average Bonchev–Trinajstić information content (AvgIpc) is 2.83. The number of nitrogens with one attached hydrogen (secondary N) is 2. The molecule has 0 aliphatic rings. The van der Waals surface area contributed by atoms with Crippen LogP contribution in [0.1, 0.15) is 5.82 Å². The Morgan fingerprint density at radius 1 is 1.53 bits per heavy atom. The minimum Gasteiger partial charge on any atom is -0.341 e. The summed E-state index contributed by atoms with van der Waals surface area (Å²) in [7, 11) is 1.94. The molecule has 2 rings (SSSR count). The van der Waals surface area contributed by atoms with Gasteiger partial charge < -0.3 is 10.3 Å². The van der Waals surface area contributed by atoms with Crippen LogP contribution in [0, 0.1) is 0 Å². The summed E-state index contributed by atoms with van der Waals surface area (Å²) in [5, 5.41) is 3.10. The van der Waals surface area contributed by atoms with Crippen LogP contribution in [0.15, 0.2) is 22.1 Å². The van der Waals surface area contributed by atoms with Crippen molar-refractivity contribution in [1.29, 1.82) is 0 Å². The van der Waals surface area contributed by atoms with Crippen molar-refractivity contribution in [1.82, 2.24) is 15.3 Å². The van der Waals surface area contributed by atoms with Crippen LogP contribution < -0.4 is 5.32 Å². The molecule has 15 heavy (non-hydrogen) atoms. The van der Waals surface area contributed by atoms with Crippen molar-refractivity contribution in [3.05, 3.63) is 27.9 Å². The Morgan fingerprint density at radius 3 is 3.07 bits per heavy atom. The summed E-state index contributed by atoms with van der Waals surface area (Å²) in [6, 6.07) is 4.14. The SMILES string of the molecule is CNCCc1ncc(-c2ccc(Br)s2)[nH]1. The molecule has 80 valence electrons. The maximum absolute atomic E-state index is 4.34. The van der Waals surface area contributed by atoms with Gasteiger partial charge in [-0.1, -0.05) is 0 Å². The van der Waals surface area contributed by atoms with E-state index in [1.165, 1.54) is 4.88 Å². The fourth-order valence-electron chi connectivity index (χ4n) is 1.32. The Hall–Kier alpha value is -0.650. The first kappa shape index (κ1) is 10.9. The number of imidazole rings is 1. The van der Waals surface area contributed by atoms with E-state index in [1.54, 1.807) is 11.3 Å². The molecule has 0 aromatic carbocycles. The van der Waals surface area contributed by atoms with E-state index >= 15 is 0 Å².